The van der Waals surface area contributed by atoms with Crippen LogP contribution in [-0.4, -0.2) is 35.4 Å². The Labute approximate surface area is 125 Å². The van der Waals surface area contributed by atoms with Gasteiger partial charge in [-0.15, -0.1) is 0 Å². The number of hydrogen-bond acceptors (Lipinski definition) is 3. The zero-order valence-corrected chi connectivity index (χ0v) is 12.7. The first-order valence-corrected chi connectivity index (χ1v) is 7.29. The fourth-order valence-corrected chi connectivity index (χ4v) is 2.19. The summed E-state index contributed by atoms with van der Waals surface area (Å²) >= 11 is 4.94. The third kappa shape index (κ3) is 4.02. The SMILES string of the molecule is CC(C(=O)Nc1cccc(C(N)=S)c1)N(C)CC1CC1. The van der Waals surface area contributed by atoms with Crippen molar-refractivity contribution in [3.63, 3.8) is 0 Å². The van der Waals surface area contributed by atoms with E-state index in [1.54, 1.807) is 6.07 Å². The lowest BCUT2D eigenvalue weighted by atomic mass is 10.2. The second-order valence-corrected chi connectivity index (χ2v) is 5.93. The van der Waals surface area contributed by atoms with Crippen LogP contribution in [0.5, 0.6) is 0 Å². The quantitative estimate of drug-likeness (QED) is 0.787. The van der Waals surface area contributed by atoms with Gasteiger partial charge in [-0.25, -0.2) is 0 Å². The normalized spacial score (nSPS) is 15.9. The van der Waals surface area contributed by atoms with Crippen LogP contribution in [0.25, 0.3) is 0 Å². The maximum Gasteiger partial charge on any atom is 0.241 e. The molecule has 0 bridgehead atoms. The number of nitrogens with one attached hydrogen (secondary N) is 1. The number of nitrogens with two attached hydrogens (primary N) is 1. The van der Waals surface area contributed by atoms with Crippen molar-refractivity contribution in [3.05, 3.63) is 29.8 Å². The summed E-state index contributed by atoms with van der Waals surface area (Å²) in [5.41, 5.74) is 7.08. The van der Waals surface area contributed by atoms with E-state index in [4.69, 9.17) is 18.0 Å². The molecule has 1 aromatic carbocycles. The van der Waals surface area contributed by atoms with Gasteiger partial charge in [0.2, 0.25) is 5.91 Å². The molecule has 1 aliphatic rings. The van der Waals surface area contributed by atoms with Crippen LogP contribution in [-0.2, 0) is 4.79 Å². The van der Waals surface area contributed by atoms with E-state index in [2.05, 4.69) is 10.2 Å². The molecule has 1 fully saturated rings. The van der Waals surface area contributed by atoms with Gasteiger partial charge < -0.3 is 11.1 Å². The molecule has 1 unspecified atom stereocenters. The number of carbonyl (C=O) groups is 1. The summed E-state index contributed by atoms with van der Waals surface area (Å²) in [6.07, 6.45) is 2.57. The van der Waals surface area contributed by atoms with E-state index in [1.165, 1.54) is 12.8 Å². The number of nitrogens with zero attached hydrogens (tertiary/aromatic N) is 1. The van der Waals surface area contributed by atoms with Crippen molar-refractivity contribution in [1.82, 2.24) is 4.90 Å². The van der Waals surface area contributed by atoms with Crippen molar-refractivity contribution in [2.75, 3.05) is 18.9 Å². The van der Waals surface area contributed by atoms with Crippen molar-refractivity contribution < 1.29 is 4.79 Å². The van der Waals surface area contributed by atoms with E-state index in [1.807, 2.05) is 32.2 Å². The molecule has 2 rings (SSSR count). The van der Waals surface area contributed by atoms with Crippen molar-refractivity contribution >= 4 is 28.8 Å². The standard InChI is InChI=1S/C15H21N3OS/c1-10(18(2)9-11-6-7-11)15(19)17-13-5-3-4-12(8-13)14(16)20/h3-5,8,10-11H,6-7,9H2,1-2H3,(H2,16,20)(H,17,19). The van der Waals surface area contributed by atoms with E-state index in [0.29, 0.717) is 4.99 Å². The Morgan fingerprint density at radius 1 is 1.55 bits per heavy atom. The van der Waals surface area contributed by atoms with Gasteiger partial charge in [0.05, 0.1) is 6.04 Å². The van der Waals surface area contributed by atoms with E-state index in [9.17, 15) is 4.79 Å². The number of rotatable bonds is 6. The highest BCUT2D eigenvalue weighted by Crippen LogP contribution is 2.29. The van der Waals surface area contributed by atoms with Crippen LogP contribution in [0.4, 0.5) is 5.69 Å². The summed E-state index contributed by atoms with van der Waals surface area (Å²) in [4.78, 5) is 14.7. The van der Waals surface area contributed by atoms with E-state index < -0.39 is 0 Å². The van der Waals surface area contributed by atoms with E-state index >= 15 is 0 Å². The molecule has 20 heavy (non-hydrogen) atoms. The first kappa shape index (κ1) is 14.9. The molecule has 0 radical (unpaired) electrons. The van der Waals surface area contributed by atoms with Gasteiger partial charge in [-0.3, -0.25) is 9.69 Å². The van der Waals surface area contributed by atoms with Crippen LogP contribution >= 0.6 is 12.2 Å². The zero-order valence-electron chi connectivity index (χ0n) is 11.9. The highest BCUT2D eigenvalue weighted by molar-refractivity contribution is 7.80. The fourth-order valence-electron chi connectivity index (χ4n) is 2.06. The number of carbonyl (C=O) groups excluding carboxylic acids is 1. The second kappa shape index (κ2) is 6.33. The van der Waals surface area contributed by atoms with Gasteiger partial charge in [0.25, 0.3) is 0 Å². The van der Waals surface area contributed by atoms with Gasteiger partial charge in [-0.1, -0.05) is 24.4 Å². The molecule has 1 aliphatic carbocycles. The van der Waals surface area contributed by atoms with Gasteiger partial charge in [0, 0.05) is 17.8 Å². The molecule has 3 N–H and O–H groups in total. The molecule has 1 aromatic rings. The van der Waals surface area contributed by atoms with Gasteiger partial charge in [-0.2, -0.15) is 0 Å². The zero-order chi connectivity index (χ0) is 14.7. The van der Waals surface area contributed by atoms with Crippen molar-refractivity contribution in [1.29, 1.82) is 0 Å². The minimum atomic E-state index is -0.149. The largest absolute Gasteiger partial charge is 0.389 e. The lowest BCUT2D eigenvalue weighted by Gasteiger charge is -2.23. The molecule has 0 aromatic heterocycles. The molecule has 1 amide bonds. The molecule has 1 atom stereocenters. The van der Waals surface area contributed by atoms with E-state index in [-0.39, 0.29) is 11.9 Å². The summed E-state index contributed by atoms with van der Waals surface area (Å²) in [6, 6.07) is 7.16. The minimum Gasteiger partial charge on any atom is -0.389 e. The lowest BCUT2D eigenvalue weighted by Crippen LogP contribution is -2.40. The number of hydrogen-bond donors (Lipinski definition) is 2. The predicted molar refractivity (Wildman–Crippen MR) is 85.8 cm³/mol. The third-order valence-corrected chi connectivity index (χ3v) is 3.93. The van der Waals surface area contributed by atoms with Crippen molar-refractivity contribution in [3.8, 4) is 0 Å². The van der Waals surface area contributed by atoms with Crippen molar-refractivity contribution in [2.45, 2.75) is 25.8 Å². The molecule has 1 saturated carbocycles. The highest BCUT2D eigenvalue weighted by Gasteiger charge is 2.27. The fraction of sp³-hybridized carbons (Fsp3) is 0.467. The van der Waals surface area contributed by atoms with Gasteiger partial charge >= 0.3 is 0 Å². The molecule has 0 aliphatic heterocycles. The Bertz CT molecular complexity index is 514. The maximum absolute atomic E-state index is 12.2. The van der Waals surface area contributed by atoms with Crippen molar-refractivity contribution in [2.24, 2.45) is 11.7 Å². The molecular weight excluding hydrogens is 270 g/mol. The van der Waals surface area contributed by atoms with Crippen LogP contribution < -0.4 is 11.1 Å². The van der Waals surface area contributed by atoms with Crippen LogP contribution in [0.15, 0.2) is 24.3 Å². The molecule has 0 heterocycles. The maximum atomic E-state index is 12.2. The Kier molecular flexibility index (Phi) is 4.73. The number of amides is 1. The average Bonchev–Trinajstić information content (AvgIpc) is 3.21. The third-order valence-electron chi connectivity index (χ3n) is 3.70. The summed E-state index contributed by atoms with van der Waals surface area (Å²) < 4.78 is 0. The lowest BCUT2D eigenvalue weighted by molar-refractivity contribution is -0.120. The van der Waals surface area contributed by atoms with E-state index in [0.717, 1.165) is 23.7 Å². The number of benzene rings is 1. The predicted octanol–water partition coefficient (Wildman–Crippen LogP) is 1.99. The topological polar surface area (TPSA) is 58.4 Å². The second-order valence-electron chi connectivity index (χ2n) is 5.49. The summed E-state index contributed by atoms with van der Waals surface area (Å²) in [5.74, 6) is 0.765. The molecular formula is C15H21N3OS. The first-order valence-electron chi connectivity index (χ1n) is 6.88. The minimum absolute atomic E-state index is 0.00626. The molecule has 5 heteroatoms. The Morgan fingerprint density at radius 2 is 2.25 bits per heavy atom. The first-order chi connectivity index (χ1) is 9.47. The van der Waals surface area contributed by atoms with Crippen LogP contribution in [0.2, 0.25) is 0 Å². The molecule has 108 valence electrons. The molecule has 0 saturated heterocycles. The van der Waals surface area contributed by atoms with Crippen LogP contribution in [0.3, 0.4) is 0 Å². The summed E-state index contributed by atoms with van der Waals surface area (Å²) in [7, 11) is 1.99. The molecule has 0 spiro atoms. The summed E-state index contributed by atoms with van der Waals surface area (Å²) in [6.45, 7) is 2.91. The smallest absolute Gasteiger partial charge is 0.241 e. The number of thiocarbonyl (C=S) groups is 1. The Morgan fingerprint density at radius 3 is 2.85 bits per heavy atom. The van der Waals surface area contributed by atoms with Gasteiger partial charge in [0.15, 0.2) is 0 Å². The Hall–Kier alpha value is -1.46. The molecule has 4 nitrogen and oxygen atoms in total. The highest BCUT2D eigenvalue weighted by atomic mass is 32.1. The average molecular weight is 291 g/mol. The summed E-state index contributed by atoms with van der Waals surface area (Å²) in [5, 5.41) is 2.92. The van der Waals surface area contributed by atoms with Gasteiger partial charge in [-0.05, 0) is 44.9 Å². The van der Waals surface area contributed by atoms with Crippen LogP contribution in [0.1, 0.15) is 25.3 Å². The Balaban J connectivity index is 1.95. The van der Waals surface area contributed by atoms with Gasteiger partial charge in [0.1, 0.15) is 4.99 Å². The monoisotopic (exact) mass is 291 g/mol. The number of anilines is 1. The van der Waals surface area contributed by atoms with Crippen LogP contribution in [0, 0.1) is 5.92 Å². The number of likely N-dealkylation sites (N-methyl/N-ethyl adjacent to an activating group) is 1.